The van der Waals surface area contributed by atoms with Crippen molar-refractivity contribution in [1.29, 1.82) is 0 Å². The number of hydrogen-bond acceptors (Lipinski definition) is 5. The van der Waals surface area contributed by atoms with E-state index in [-0.39, 0.29) is 45.7 Å². The molecule has 1 saturated heterocycles. The molecule has 8 heteroatoms. The Morgan fingerprint density at radius 1 is 0.978 bits per heavy atom. The summed E-state index contributed by atoms with van der Waals surface area (Å²) in [6, 6.07) is -2.08. The summed E-state index contributed by atoms with van der Waals surface area (Å²) in [6.45, 7) is 25.0. The van der Waals surface area contributed by atoms with Crippen LogP contribution < -0.4 is 10.6 Å². The van der Waals surface area contributed by atoms with Crippen LogP contribution in [0.3, 0.4) is 0 Å². The second-order valence-corrected chi connectivity index (χ2v) is 16.0. The second kappa shape index (κ2) is 14.2. The molecule has 8 nitrogen and oxygen atoms in total. The van der Waals surface area contributed by atoms with Gasteiger partial charge >= 0.3 is 0 Å². The number of rotatable bonds is 10. The van der Waals surface area contributed by atoms with Gasteiger partial charge in [0.05, 0.1) is 6.04 Å². The Labute approximate surface area is 279 Å². The summed E-state index contributed by atoms with van der Waals surface area (Å²) in [4.78, 5) is 59.1. The quantitative estimate of drug-likeness (QED) is 0.213. The fraction of sp³-hybridized carbons (Fsp3) is 0.789. The van der Waals surface area contributed by atoms with E-state index in [2.05, 4.69) is 31.1 Å². The molecule has 46 heavy (non-hydrogen) atoms. The first-order chi connectivity index (χ1) is 21.4. The SMILES string of the molecule is C=C(C)/C=C(/C(=O)NC(C(=O)N[C@H](C(=O)N1C[C@]2(CC1C(C)=O)C(C)(C)C21CCC1)C(C)(C)C)C1CCCCC1)N(C)CC.CC. The molecule has 3 amide bonds. The number of fused-ring (bicyclic) bond motifs is 1. The van der Waals surface area contributed by atoms with Crippen LogP contribution in [-0.2, 0) is 19.2 Å². The highest BCUT2D eigenvalue weighted by Crippen LogP contribution is 2.88. The largest absolute Gasteiger partial charge is 0.370 e. The van der Waals surface area contributed by atoms with Crippen LogP contribution in [0.15, 0.2) is 23.9 Å². The van der Waals surface area contributed by atoms with E-state index in [1.165, 1.54) is 6.42 Å². The van der Waals surface area contributed by atoms with Gasteiger partial charge in [0.1, 0.15) is 17.8 Å². The van der Waals surface area contributed by atoms with Crippen molar-refractivity contribution in [2.45, 2.75) is 145 Å². The first kappa shape index (κ1) is 37.8. The Bertz CT molecular complexity index is 1200. The Hall–Kier alpha value is -2.64. The molecular weight excluding hydrogens is 576 g/mol. The van der Waals surface area contributed by atoms with Crippen LogP contribution in [0.1, 0.15) is 127 Å². The Kier molecular flexibility index (Phi) is 11.7. The minimum Gasteiger partial charge on any atom is -0.370 e. The Balaban J connectivity index is 0.00000282. The van der Waals surface area contributed by atoms with Gasteiger partial charge in [0, 0.05) is 25.6 Å². The van der Waals surface area contributed by atoms with Crippen LogP contribution in [-0.4, -0.2) is 71.6 Å². The monoisotopic (exact) mass is 640 g/mol. The molecule has 4 aliphatic rings. The first-order valence-corrected chi connectivity index (χ1v) is 17.9. The van der Waals surface area contributed by atoms with E-state index in [9.17, 15) is 19.2 Å². The van der Waals surface area contributed by atoms with Crippen LogP contribution in [0.4, 0.5) is 0 Å². The van der Waals surface area contributed by atoms with Crippen molar-refractivity contribution in [3.05, 3.63) is 23.9 Å². The lowest BCUT2D eigenvalue weighted by molar-refractivity contribution is -0.144. The zero-order valence-electron chi connectivity index (χ0n) is 30.9. The summed E-state index contributed by atoms with van der Waals surface area (Å²) in [5.41, 5.74) is 0.843. The lowest BCUT2D eigenvalue weighted by atomic mass is 9.73. The summed E-state index contributed by atoms with van der Waals surface area (Å²) in [7, 11) is 1.85. The molecule has 0 radical (unpaired) electrons. The molecule has 2 N–H and O–H groups in total. The molecule has 4 rings (SSSR count). The van der Waals surface area contributed by atoms with Gasteiger partial charge < -0.3 is 20.4 Å². The molecule has 1 aliphatic heterocycles. The van der Waals surface area contributed by atoms with E-state index < -0.39 is 23.5 Å². The van der Waals surface area contributed by atoms with Crippen molar-refractivity contribution in [3.63, 3.8) is 0 Å². The van der Waals surface area contributed by atoms with Gasteiger partial charge in [-0.25, -0.2) is 0 Å². The van der Waals surface area contributed by atoms with Crippen LogP contribution in [0.25, 0.3) is 0 Å². The third-order valence-electron chi connectivity index (χ3n) is 12.2. The third kappa shape index (κ3) is 6.69. The predicted octanol–water partition coefficient (Wildman–Crippen LogP) is 6.41. The van der Waals surface area contributed by atoms with Gasteiger partial charge in [-0.05, 0) is 81.1 Å². The van der Waals surface area contributed by atoms with Crippen LogP contribution in [0.2, 0.25) is 0 Å². The lowest BCUT2D eigenvalue weighted by Crippen LogP contribution is -2.61. The number of amides is 3. The molecule has 4 fully saturated rings. The highest BCUT2D eigenvalue weighted by atomic mass is 16.2. The summed E-state index contributed by atoms with van der Waals surface area (Å²) in [6.07, 6.45) is 10.8. The Morgan fingerprint density at radius 2 is 1.57 bits per heavy atom. The zero-order chi connectivity index (χ0) is 34.8. The highest BCUT2D eigenvalue weighted by molar-refractivity contribution is 5.98. The number of carbonyl (C=O) groups excluding carboxylic acids is 4. The number of carbonyl (C=O) groups is 4. The van der Waals surface area contributed by atoms with Gasteiger partial charge in [-0.2, -0.15) is 0 Å². The van der Waals surface area contributed by atoms with Crippen LogP contribution in [0, 0.1) is 27.6 Å². The molecule has 260 valence electrons. The minimum atomic E-state index is -0.835. The normalized spacial score (nSPS) is 26.3. The number of ketones is 1. The molecule has 2 unspecified atom stereocenters. The van der Waals surface area contributed by atoms with Crippen molar-refractivity contribution in [2.24, 2.45) is 27.6 Å². The Morgan fingerprint density at radius 3 is 2.00 bits per heavy atom. The van der Waals surface area contributed by atoms with Crippen molar-refractivity contribution >= 4 is 23.5 Å². The maximum absolute atomic E-state index is 14.5. The number of Topliss-reactive ketones (excluding diaryl/α,β-unsaturated/α-hetero) is 1. The van der Waals surface area contributed by atoms with E-state index >= 15 is 0 Å². The molecule has 0 aromatic carbocycles. The zero-order valence-corrected chi connectivity index (χ0v) is 30.9. The molecule has 2 spiro atoms. The van der Waals surface area contributed by atoms with Gasteiger partial charge in [0.2, 0.25) is 11.8 Å². The molecule has 3 saturated carbocycles. The standard InChI is InChI=1S/C36H58N4O4.C2H6/c1-11-39(10)26(20-23(2)3)30(42)37-28(25-16-13-12-14-17-25)31(43)38-29(33(5,6)7)32(44)40-22-36(21-27(40)24(4)41)34(8,9)35(36)18-15-19-35;1-2/h20,25,27-29H,2,11-19,21-22H2,1,3-10H3,(H,37,42)(H,38,43);1-2H3/b26-20-;/t27?,28?,29-,36-;/m1./s1. The average Bonchev–Trinajstić information content (AvgIpc) is 3.20. The van der Waals surface area contributed by atoms with E-state index in [1.54, 1.807) is 17.9 Å². The summed E-state index contributed by atoms with van der Waals surface area (Å²) in [5.74, 6) is -0.852. The molecule has 1 heterocycles. The smallest absolute Gasteiger partial charge is 0.268 e. The molecule has 0 aromatic rings. The van der Waals surface area contributed by atoms with Gasteiger partial charge in [0.15, 0.2) is 5.78 Å². The fourth-order valence-corrected chi connectivity index (χ4v) is 9.07. The summed E-state index contributed by atoms with van der Waals surface area (Å²) >= 11 is 0. The molecular formula is C38H64N4O4. The number of likely N-dealkylation sites (N-methyl/N-ethyl adjacent to an activating group) is 1. The fourth-order valence-electron chi connectivity index (χ4n) is 9.07. The second-order valence-electron chi connectivity index (χ2n) is 16.0. The maximum Gasteiger partial charge on any atom is 0.268 e. The minimum absolute atomic E-state index is 0.00982. The van der Waals surface area contributed by atoms with Gasteiger partial charge in [-0.3, -0.25) is 19.2 Å². The highest BCUT2D eigenvalue weighted by Gasteiger charge is 2.85. The summed E-state index contributed by atoms with van der Waals surface area (Å²) in [5, 5.41) is 6.21. The van der Waals surface area contributed by atoms with Crippen molar-refractivity contribution in [2.75, 3.05) is 20.1 Å². The number of nitrogens with one attached hydrogen (secondary N) is 2. The van der Waals surface area contributed by atoms with Crippen LogP contribution >= 0.6 is 0 Å². The lowest BCUT2D eigenvalue weighted by Gasteiger charge is -2.38. The first-order valence-electron chi connectivity index (χ1n) is 17.9. The van der Waals surface area contributed by atoms with E-state index in [0.29, 0.717) is 25.2 Å². The molecule has 4 atom stereocenters. The number of hydrogen-bond donors (Lipinski definition) is 2. The van der Waals surface area contributed by atoms with Gasteiger partial charge in [-0.1, -0.05) is 86.3 Å². The van der Waals surface area contributed by atoms with Gasteiger partial charge in [-0.15, -0.1) is 0 Å². The van der Waals surface area contributed by atoms with Gasteiger partial charge in [0.25, 0.3) is 5.91 Å². The van der Waals surface area contributed by atoms with E-state index in [4.69, 9.17) is 0 Å². The van der Waals surface area contributed by atoms with E-state index in [0.717, 1.165) is 50.5 Å². The molecule has 3 aliphatic carbocycles. The predicted molar refractivity (Wildman–Crippen MR) is 186 cm³/mol. The molecule has 0 bridgehead atoms. The molecule has 0 aromatic heterocycles. The number of nitrogens with zero attached hydrogens (tertiary/aromatic N) is 2. The topological polar surface area (TPSA) is 98.8 Å². The average molecular weight is 641 g/mol. The van der Waals surface area contributed by atoms with Crippen molar-refractivity contribution < 1.29 is 19.2 Å². The van der Waals surface area contributed by atoms with E-state index in [1.807, 2.05) is 60.4 Å². The van der Waals surface area contributed by atoms with Crippen molar-refractivity contribution in [3.8, 4) is 0 Å². The maximum atomic E-state index is 14.5. The third-order valence-corrected chi connectivity index (χ3v) is 12.2. The van der Waals surface area contributed by atoms with Crippen LogP contribution in [0.5, 0.6) is 0 Å². The van der Waals surface area contributed by atoms with Crippen molar-refractivity contribution in [1.82, 2.24) is 20.4 Å². The summed E-state index contributed by atoms with van der Waals surface area (Å²) < 4.78 is 0. The number of allylic oxidation sites excluding steroid dienone is 2. The number of likely N-dealkylation sites (tertiary alicyclic amines) is 1.